The number of anilines is 1. The Morgan fingerprint density at radius 3 is 2.26 bits per heavy atom. The number of sulfonamides is 2. The molecule has 0 radical (unpaired) electrons. The number of rotatable bonds is 7. The van der Waals surface area contributed by atoms with E-state index in [1.54, 1.807) is 67.6 Å². The van der Waals surface area contributed by atoms with E-state index in [9.17, 15) is 21.2 Å². The van der Waals surface area contributed by atoms with Gasteiger partial charge in [-0.25, -0.2) is 12.8 Å². The van der Waals surface area contributed by atoms with Crippen molar-refractivity contribution in [2.75, 3.05) is 10.5 Å². The zero-order valence-electron chi connectivity index (χ0n) is 18.6. The van der Waals surface area contributed by atoms with Crippen molar-refractivity contribution in [1.29, 1.82) is 0 Å². The molecule has 0 unspecified atom stereocenters. The van der Waals surface area contributed by atoms with Crippen molar-refractivity contribution < 1.29 is 21.2 Å². The van der Waals surface area contributed by atoms with Crippen LogP contribution in [0, 0.1) is 12.7 Å². The van der Waals surface area contributed by atoms with Crippen LogP contribution in [0.15, 0.2) is 82.8 Å². The van der Waals surface area contributed by atoms with E-state index in [1.807, 2.05) is 0 Å². The Bertz CT molecular complexity index is 1450. The molecule has 4 rings (SSSR count). The van der Waals surface area contributed by atoms with Gasteiger partial charge in [-0.05, 0) is 49.2 Å². The Morgan fingerprint density at radius 2 is 1.62 bits per heavy atom. The monoisotopic (exact) mass is 501 g/mol. The van der Waals surface area contributed by atoms with Crippen molar-refractivity contribution in [1.82, 2.24) is 4.41 Å². The van der Waals surface area contributed by atoms with Crippen LogP contribution in [0.3, 0.4) is 0 Å². The lowest BCUT2D eigenvalue weighted by Gasteiger charge is -2.24. The third kappa shape index (κ3) is 4.69. The van der Waals surface area contributed by atoms with Crippen LogP contribution in [0.2, 0.25) is 0 Å². The minimum atomic E-state index is -4.07. The molecule has 1 heterocycles. The summed E-state index contributed by atoms with van der Waals surface area (Å²) in [7, 11) is -7.50. The molecule has 178 valence electrons. The maximum atomic E-state index is 14.7. The molecule has 0 fully saturated rings. The van der Waals surface area contributed by atoms with Crippen LogP contribution < -0.4 is 4.72 Å². The Labute approximate surface area is 199 Å². The van der Waals surface area contributed by atoms with Crippen LogP contribution in [0.4, 0.5) is 10.1 Å². The molecule has 0 aliphatic carbocycles. The predicted molar refractivity (Wildman–Crippen MR) is 130 cm³/mol. The number of aryl methyl sites for hydroxylation is 1. The normalized spacial score (nSPS) is 16.4. The van der Waals surface area contributed by atoms with Gasteiger partial charge in [0.05, 0.1) is 22.4 Å². The van der Waals surface area contributed by atoms with Gasteiger partial charge in [0.15, 0.2) is 0 Å². The lowest BCUT2D eigenvalue weighted by molar-refractivity contribution is 0.362. The van der Waals surface area contributed by atoms with E-state index in [4.69, 9.17) is 0 Å². The Kier molecular flexibility index (Phi) is 6.46. The fraction of sp³-hybridized carbons (Fsp3) is 0.208. The highest BCUT2D eigenvalue weighted by atomic mass is 32.2. The van der Waals surface area contributed by atoms with Gasteiger partial charge in [-0.2, -0.15) is 17.9 Å². The van der Waals surface area contributed by atoms with Gasteiger partial charge < -0.3 is 0 Å². The highest BCUT2D eigenvalue weighted by molar-refractivity contribution is 7.92. The first-order chi connectivity index (χ1) is 16.1. The molecule has 3 aromatic carbocycles. The molecule has 1 aliphatic heterocycles. The summed E-state index contributed by atoms with van der Waals surface area (Å²) in [5.74, 6) is -0.574. The number of benzene rings is 3. The van der Waals surface area contributed by atoms with Crippen LogP contribution >= 0.6 is 0 Å². The van der Waals surface area contributed by atoms with Gasteiger partial charge in [0, 0.05) is 17.7 Å². The molecular weight excluding hydrogens is 477 g/mol. The summed E-state index contributed by atoms with van der Waals surface area (Å²) in [6, 6.07) is 18.3. The zero-order valence-corrected chi connectivity index (χ0v) is 20.3. The van der Waals surface area contributed by atoms with Crippen LogP contribution in [0.5, 0.6) is 0 Å². The molecule has 10 heteroatoms. The van der Waals surface area contributed by atoms with E-state index in [2.05, 4.69) is 9.82 Å². The summed E-state index contributed by atoms with van der Waals surface area (Å²) in [6.45, 7) is 3.23. The van der Waals surface area contributed by atoms with Crippen LogP contribution in [-0.4, -0.2) is 32.7 Å². The molecule has 1 aliphatic rings. The average molecular weight is 502 g/mol. The molecule has 0 saturated carbocycles. The Hall–Kier alpha value is -3.24. The molecule has 3 aromatic rings. The first-order valence-corrected chi connectivity index (χ1v) is 13.7. The van der Waals surface area contributed by atoms with E-state index in [0.29, 0.717) is 22.5 Å². The van der Waals surface area contributed by atoms with Crippen molar-refractivity contribution in [2.24, 2.45) is 5.10 Å². The van der Waals surface area contributed by atoms with E-state index >= 15 is 0 Å². The van der Waals surface area contributed by atoms with Gasteiger partial charge in [-0.3, -0.25) is 4.72 Å². The molecule has 1 atom stereocenters. The van der Waals surface area contributed by atoms with Crippen molar-refractivity contribution in [3.05, 3.63) is 95.3 Å². The van der Waals surface area contributed by atoms with E-state index < -0.39 is 31.9 Å². The average Bonchev–Trinajstić information content (AvgIpc) is 3.26. The van der Waals surface area contributed by atoms with Gasteiger partial charge in [0.1, 0.15) is 5.82 Å². The molecule has 0 aromatic heterocycles. The second kappa shape index (κ2) is 9.19. The van der Waals surface area contributed by atoms with Crippen molar-refractivity contribution in [3.8, 4) is 0 Å². The van der Waals surface area contributed by atoms with Crippen LogP contribution in [0.1, 0.15) is 36.1 Å². The molecule has 34 heavy (non-hydrogen) atoms. The second-order valence-corrected chi connectivity index (χ2v) is 11.7. The van der Waals surface area contributed by atoms with Gasteiger partial charge >= 0.3 is 0 Å². The standard InChI is InChI=1S/C24H24FN3O4S2/c1-3-33(29,30)27-19-14-12-18(13-15-19)22-16-23(20-9-5-6-10-21(20)25)28(26-22)34(31,32)24-11-7-4-8-17(24)2/h4-15,23,27H,3,16H2,1-2H3/t23-/m1/s1. The first-order valence-electron chi connectivity index (χ1n) is 10.7. The number of hydrazone groups is 1. The second-order valence-electron chi connectivity index (χ2n) is 7.91. The third-order valence-corrected chi connectivity index (χ3v) is 8.78. The van der Waals surface area contributed by atoms with Crippen molar-refractivity contribution in [3.63, 3.8) is 0 Å². The molecule has 0 amide bonds. The van der Waals surface area contributed by atoms with E-state index in [0.717, 1.165) is 4.41 Å². The lowest BCUT2D eigenvalue weighted by Crippen LogP contribution is -2.28. The Balaban J connectivity index is 1.75. The van der Waals surface area contributed by atoms with Crippen molar-refractivity contribution >= 4 is 31.4 Å². The number of nitrogens with one attached hydrogen (secondary N) is 1. The fourth-order valence-corrected chi connectivity index (χ4v) is 6.09. The summed E-state index contributed by atoms with van der Waals surface area (Å²) in [5.41, 5.74) is 2.24. The molecule has 0 spiro atoms. The van der Waals surface area contributed by atoms with Crippen molar-refractivity contribution in [2.45, 2.75) is 31.2 Å². The van der Waals surface area contributed by atoms with E-state index in [-0.39, 0.29) is 22.6 Å². The molecule has 1 N–H and O–H groups in total. The minimum Gasteiger partial charge on any atom is -0.284 e. The summed E-state index contributed by atoms with van der Waals surface area (Å²) < 4.78 is 69.0. The number of nitrogens with zero attached hydrogens (tertiary/aromatic N) is 2. The number of hydrogen-bond donors (Lipinski definition) is 1. The highest BCUT2D eigenvalue weighted by Gasteiger charge is 2.39. The smallest absolute Gasteiger partial charge is 0.279 e. The van der Waals surface area contributed by atoms with Gasteiger partial charge in [0.2, 0.25) is 10.0 Å². The largest absolute Gasteiger partial charge is 0.284 e. The summed E-state index contributed by atoms with van der Waals surface area (Å²) in [6.07, 6.45) is 0.159. The summed E-state index contributed by atoms with van der Waals surface area (Å²) >= 11 is 0. The van der Waals surface area contributed by atoms with Gasteiger partial charge in [0.25, 0.3) is 10.0 Å². The topological polar surface area (TPSA) is 95.9 Å². The molecule has 7 nitrogen and oxygen atoms in total. The predicted octanol–water partition coefficient (Wildman–Crippen LogP) is 4.44. The van der Waals surface area contributed by atoms with Crippen LogP contribution in [0.25, 0.3) is 0 Å². The van der Waals surface area contributed by atoms with Gasteiger partial charge in [-0.1, -0.05) is 48.5 Å². The zero-order chi connectivity index (χ0) is 24.5. The summed E-state index contributed by atoms with van der Waals surface area (Å²) in [4.78, 5) is 0.102. The third-order valence-electron chi connectivity index (χ3n) is 5.63. The molecule has 0 bridgehead atoms. The van der Waals surface area contributed by atoms with E-state index in [1.165, 1.54) is 19.1 Å². The minimum absolute atomic E-state index is 0.0580. The number of halogens is 1. The molecule has 0 saturated heterocycles. The quantitative estimate of drug-likeness (QED) is 0.518. The lowest BCUT2D eigenvalue weighted by atomic mass is 9.99. The Morgan fingerprint density at radius 1 is 0.971 bits per heavy atom. The summed E-state index contributed by atoms with van der Waals surface area (Å²) in [5, 5.41) is 4.42. The maximum absolute atomic E-state index is 14.7. The molecular formula is C24H24FN3O4S2. The highest BCUT2D eigenvalue weighted by Crippen LogP contribution is 2.38. The van der Waals surface area contributed by atoms with Crippen LogP contribution in [-0.2, 0) is 20.0 Å². The first kappa shape index (κ1) is 23.9. The maximum Gasteiger partial charge on any atom is 0.279 e. The SMILES string of the molecule is CCS(=O)(=O)Nc1ccc(C2=NN(S(=O)(=O)c3ccccc3C)[C@@H](c3ccccc3F)C2)cc1. The van der Waals surface area contributed by atoms with Gasteiger partial charge in [-0.15, -0.1) is 0 Å². The fourth-order valence-electron chi connectivity index (χ4n) is 3.79. The number of hydrogen-bond acceptors (Lipinski definition) is 5.